The minimum Gasteiger partial charge on any atom is -0.481 e. The SMILES string of the molecule is CC(=O)CC(=O)Nc1ccccc1.CC(=O)CC(=O)O. The van der Waals surface area contributed by atoms with Gasteiger partial charge in [0.05, 0.1) is 6.42 Å². The van der Waals surface area contributed by atoms with E-state index < -0.39 is 5.97 Å². The molecule has 0 heterocycles. The average molecular weight is 279 g/mol. The molecule has 0 saturated heterocycles. The number of rotatable bonds is 5. The summed E-state index contributed by atoms with van der Waals surface area (Å²) >= 11 is 0. The zero-order chi connectivity index (χ0) is 15.5. The van der Waals surface area contributed by atoms with Gasteiger partial charge in [0, 0.05) is 5.69 Å². The number of Topliss-reactive ketones (excluding diaryl/α,β-unsaturated/α-hetero) is 2. The molecule has 6 nitrogen and oxygen atoms in total. The van der Waals surface area contributed by atoms with Crippen molar-refractivity contribution in [1.29, 1.82) is 0 Å². The number of amides is 1. The Morgan fingerprint density at radius 1 is 0.950 bits per heavy atom. The summed E-state index contributed by atoms with van der Waals surface area (Å²) < 4.78 is 0. The summed E-state index contributed by atoms with van der Waals surface area (Å²) in [4.78, 5) is 41.1. The van der Waals surface area contributed by atoms with E-state index in [-0.39, 0.29) is 30.3 Å². The highest BCUT2D eigenvalue weighted by Crippen LogP contribution is 2.05. The molecular weight excluding hydrogens is 262 g/mol. The third kappa shape index (κ3) is 10.6. The first-order chi connectivity index (χ1) is 9.31. The van der Waals surface area contributed by atoms with Gasteiger partial charge in [-0.25, -0.2) is 0 Å². The molecule has 0 aliphatic carbocycles. The lowest BCUT2D eigenvalue weighted by Crippen LogP contribution is -2.14. The lowest BCUT2D eigenvalue weighted by Gasteiger charge is -2.01. The Balaban J connectivity index is 0.000000441. The fourth-order valence-corrected chi connectivity index (χ4v) is 1.17. The number of nitrogens with one attached hydrogen (secondary N) is 1. The van der Waals surface area contributed by atoms with Crippen LogP contribution in [0.3, 0.4) is 0 Å². The highest BCUT2D eigenvalue weighted by molar-refractivity contribution is 6.03. The third-order valence-corrected chi connectivity index (χ3v) is 1.87. The van der Waals surface area contributed by atoms with Gasteiger partial charge in [-0.3, -0.25) is 19.2 Å². The van der Waals surface area contributed by atoms with E-state index in [1.165, 1.54) is 13.8 Å². The molecule has 1 rings (SSSR count). The quantitative estimate of drug-likeness (QED) is 0.798. The highest BCUT2D eigenvalue weighted by atomic mass is 16.4. The molecule has 1 aromatic rings. The van der Waals surface area contributed by atoms with Gasteiger partial charge in [-0.2, -0.15) is 0 Å². The summed E-state index contributed by atoms with van der Waals surface area (Å²) in [6.45, 7) is 2.64. The monoisotopic (exact) mass is 279 g/mol. The maximum Gasteiger partial charge on any atom is 0.310 e. The minimum atomic E-state index is -1.06. The number of hydrogen-bond donors (Lipinski definition) is 2. The van der Waals surface area contributed by atoms with Gasteiger partial charge in [0.1, 0.15) is 18.0 Å². The Morgan fingerprint density at radius 2 is 1.45 bits per heavy atom. The van der Waals surface area contributed by atoms with Gasteiger partial charge in [0.15, 0.2) is 0 Å². The molecule has 2 N–H and O–H groups in total. The highest BCUT2D eigenvalue weighted by Gasteiger charge is 2.04. The second kappa shape index (κ2) is 9.43. The number of carboxylic acid groups (broad SMARTS) is 1. The van der Waals surface area contributed by atoms with Crippen molar-refractivity contribution in [1.82, 2.24) is 0 Å². The molecule has 0 bridgehead atoms. The molecule has 0 unspecified atom stereocenters. The molecule has 0 aromatic heterocycles. The van der Waals surface area contributed by atoms with Crippen LogP contribution < -0.4 is 5.32 Å². The van der Waals surface area contributed by atoms with E-state index in [0.717, 1.165) is 0 Å². The van der Waals surface area contributed by atoms with E-state index in [2.05, 4.69) is 5.32 Å². The van der Waals surface area contributed by atoms with Gasteiger partial charge in [0.2, 0.25) is 5.91 Å². The van der Waals surface area contributed by atoms with E-state index >= 15 is 0 Å². The van der Waals surface area contributed by atoms with Gasteiger partial charge < -0.3 is 10.4 Å². The van der Waals surface area contributed by atoms with E-state index in [1.807, 2.05) is 18.2 Å². The van der Waals surface area contributed by atoms with Crippen LogP contribution in [0.2, 0.25) is 0 Å². The average Bonchev–Trinajstić information content (AvgIpc) is 2.27. The summed E-state index contributed by atoms with van der Waals surface area (Å²) in [5, 5.41) is 10.5. The van der Waals surface area contributed by atoms with Crippen LogP contribution in [-0.4, -0.2) is 28.5 Å². The molecule has 0 aliphatic rings. The summed E-state index contributed by atoms with van der Waals surface area (Å²) in [5.41, 5.74) is 0.716. The summed E-state index contributed by atoms with van der Waals surface area (Å²) in [6.07, 6.45) is -0.422. The molecule has 6 heteroatoms. The second-order valence-corrected chi connectivity index (χ2v) is 4.07. The molecule has 0 saturated carbocycles. The molecule has 108 valence electrons. The predicted molar refractivity (Wildman–Crippen MR) is 73.3 cm³/mol. The number of carboxylic acids is 1. The molecule has 1 aromatic carbocycles. The van der Waals surface area contributed by atoms with Gasteiger partial charge in [-0.05, 0) is 26.0 Å². The molecule has 0 atom stereocenters. The summed E-state index contributed by atoms with van der Waals surface area (Å²) in [5.74, 6) is -1.77. The van der Waals surface area contributed by atoms with Crippen LogP contribution in [0.4, 0.5) is 5.69 Å². The first-order valence-electron chi connectivity index (χ1n) is 5.87. The first-order valence-corrected chi connectivity index (χ1v) is 5.87. The number of benzene rings is 1. The van der Waals surface area contributed by atoms with Crippen LogP contribution in [-0.2, 0) is 19.2 Å². The molecule has 0 radical (unpaired) electrons. The fourth-order valence-electron chi connectivity index (χ4n) is 1.17. The molecule has 0 aliphatic heterocycles. The van der Waals surface area contributed by atoms with Gasteiger partial charge in [0.25, 0.3) is 0 Å². The van der Waals surface area contributed by atoms with Crippen molar-refractivity contribution in [3.63, 3.8) is 0 Å². The van der Waals surface area contributed by atoms with Crippen molar-refractivity contribution < 1.29 is 24.3 Å². The Hall–Kier alpha value is -2.50. The Bertz CT molecular complexity index is 470. The number of aliphatic carboxylic acids is 1. The maximum absolute atomic E-state index is 11.1. The molecule has 0 fully saturated rings. The summed E-state index contributed by atoms with van der Waals surface area (Å²) in [7, 11) is 0. The van der Waals surface area contributed by atoms with Crippen molar-refractivity contribution in [3.8, 4) is 0 Å². The number of carbonyl (C=O) groups is 4. The van der Waals surface area contributed by atoms with E-state index in [0.29, 0.717) is 5.69 Å². The zero-order valence-electron chi connectivity index (χ0n) is 11.4. The largest absolute Gasteiger partial charge is 0.481 e. The number of carbonyl (C=O) groups excluding carboxylic acids is 3. The van der Waals surface area contributed by atoms with Crippen LogP contribution in [0.15, 0.2) is 30.3 Å². The maximum atomic E-state index is 11.1. The van der Waals surface area contributed by atoms with Crippen molar-refractivity contribution in [2.45, 2.75) is 26.7 Å². The van der Waals surface area contributed by atoms with Gasteiger partial charge in [-0.1, -0.05) is 18.2 Å². The van der Waals surface area contributed by atoms with Crippen LogP contribution in [0.25, 0.3) is 0 Å². The normalized spacial score (nSPS) is 8.90. The van der Waals surface area contributed by atoms with Crippen LogP contribution >= 0.6 is 0 Å². The van der Waals surface area contributed by atoms with Gasteiger partial charge >= 0.3 is 5.97 Å². The number of hydrogen-bond acceptors (Lipinski definition) is 4. The third-order valence-electron chi connectivity index (χ3n) is 1.87. The Kier molecular flexibility index (Phi) is 8.25. The van der Waals surface area contributed by atoms with Crippen molar-refractivity contribution >= 4 is 29.1 Å². The van der Waals surface area contributed by atoms with Crippen molar-refractivity contribution in [2.75, 3.05) is 5.32 Å². The molecule has 20 heavy (non-hydrogen) atoms. The first kappa shape index (κ1) is 17.5. The van der Waals surface area contributed by atoms with Gasteiger partial charge in [-0.15, -0.1) is 0 Å². The Labute approximate surface area is 116 Å². The van der Waals surface area contributed by atoms with Crippen molar-refractivity contribution in [2.24, 2.45) is 0 Å². The molecule has 1 amide bonds. The lowest BCUT2D eigenvalue weighted by molar-refractivity contribution is -0.139. The topological polar surface area (TPSA) is 101 Å². The smallest absolute Gasteiger partial charge is 0.310 e. The Morgan fingerprint density at radius 3 is 1.80 bits per heavy atom. The number of ketones is 2. The van der Waals surface area contributed by atoms with E-state index in [4.69, 9.17) is 5.11 Å². The standard InChI is InChI=1S/C10H11NO2.C4H6O3/c1-8(12)7-10(13)11-9-5-3-2-4-6-9;1-3(5)2-4(6)7/h2-6H,7H2,1H3,(H,11,13);2H2,1H3,(H,6,7). The fraction of sp³-hybridized carbons (Fsp3) is 0.286. The second-order valence-electron chi connectivity index (χ2n) is 4.07. The number of para-hydroxylation sites is 1. The predicted octanol–water partition coefficient (Wildman–Crippen LogP) is 1.65. The van der Waals surface area contributed by atoms with E-state index in [1.54, 1.807) is 12.1 Å². The minimum absolute atomic E-state index is 0.0606. The van der Waals surface area contributed by atoms with E-state index in [9.17, 15) is 19.2 Å². The summed E-state index contributed by atoms with van der Waals surface area (Å²) in [6, 6.07) is 9.06. The number of anilines is 1. The zero-order valence-corrected chi connectivity index (χ0v) is 11.4. The van der Waals surface area contributed by atoms with Crippen molar-refractivity contribution in [3.05, 3.63) is 30.3 Å². The lowest BCUT2D eigenvalue weighted by atomic mass is 10.2. The van der Waals surface area contributed by atoms with Crippen LogP contribution in [0.5, 0.6) is 0 Å². The molecular formula is C14H17NO5. The van der Waals surface area contributed by atoms with Crippen LogP contribution in [0, 0.1) is 0 Å². The molecule has 0 spiro atoms. The van der Waals surface area contributed by atoms with Crippen LogP contribution in [0.1, 0.15) is 26.7 Å².